The van der Waals surface area contributed by atoms with Crippen molar-refractivity contribution in [3.8, 4) is 5.69 Å². The van der Waals surface area contributed by atoms with Crippen molar-refractivity contribution in [1.29, 1.82) is 0 Å². The van der Waals surface area contributed by atoms with Crippen LogP contribution in [0.15, 0.2) is 12.1 Å². The first kappa shape index (κ1) is 23.9. The first-order valence-corrected chi connectivity index (χ1v) is 11.3. The van der Waals surface area contributed by atoms with E-state index in [2.05, 4.69) is 5.10 Å². The van der Waals surface area contributed by atoms with Gasteiger partial charge in [0.1, 0.15) is 5.82 Å². The second-order valence-corrected chi connectivity index (χ2v) is 9.63. The number of nitrogen functional groups attached to an aromatic ring is 1. The summed E-state index contributed by atoms with van der Waals surface area (Å²) >= 11 is 0. The summed E-state index contributed by atoms with van der Waals surface area (Å²) < 4.78 is 15.9. The molecule has 4 rings (SSSR count). The molecule has 0 spiro atoms. The Bertz CT molecular complexity index is 999. The lowest BCUT2D eigenvalue weighted by molar-refractivity contribution is 0.0909. The van der Waals surface area contributed by atoms with Crippen LogP contribution in [0.25, 0.3) is 5.69 Å². The molecule has 174 valence electrons. The third-order valence-electron chi connectivity index (χ3n) is 6.20. The molecule has 1 saturated carbocycles. The lowest BCUT2D eigenvalue weighted by atomic mass is 9.75. The minimum Gasteiger partial charge on any atom is -0.398 e. The second kappa shape index (κ2) is 9.40. The fourth-order valence-corrected chi connectivity index (χ4v) is 4.62. The van der Waals surface area contributed by atoms with E-state index in [4.69, 9.17) is 17.2 Å². The standard InChI is InChI=1S/C18H21FN4O2.C6H13N/c1-4-12-16-13(7-18(2,3)8-14(16)24)23(22-12)9-5-10(19)15(17(21)25)11(20)6-9;7-6-4-2-1-3-5-6/h5-6H,4,7-8,20H2,1-3H3,(H2,21,25);6H,1-5,7H2. The maximum absolute atomic E-state index is 14.3. The second-order valence-electron chi connectivity index (χ2n) is 9.63. The third-order valence-corrected chi connectivity index (χ3v) is 6.20. The highest BCUT2D eigenvalue weighted by atomic mass is 19.1. The lowest BCUT2D eigenvalue weighted by Crippen LogP contribution is -2.28. The largest absolute Gasteiger partial charge is 0.398 e. The molecule has 2 aliphatic carbocycles. The zero-order chi connectivity index (χ0) is 23.6. The van der Waals surface area contributed by atoms with Crippen molar-refractivity contribution in [2.24, 2.45) is 16.9 Å². The van der Waals surface area contributed by atoms with Crippen LogP contribution < -0.4 is 17.2 Å². The minimum atomic E-state index is -0.922. The number of amides is 1. The number of hydrogen-bond donors (Lipinski definition) is 3. The Kier molecular flexibility index (Phi) is 7.03. The lowest BCUT2D eigenvalue weighted by Gasteiger charge is -2.29. The number of primary amides is 1. The molecule has 1 amide bonds. The van der Waals surface area contributed by atoms with E-state index in [0.717, 1.165) is 5.69 Å². The van der Waals surface area contributed by atoms with Crippen molar-refractivity contribution in [3.05, 3.63) is 40.5 Å². The van der Waals surface area contributed by atoms with Crippen LogP contribution >= 0.6 is 0 Å². The molecule has 0 radical (unpaired) electrons. The fourth-order valence-electron chi connectivity index (χ4n) is 4.62. The van der Waals surface area contributed by atoms with E-state index in [-0.39, 0.29) is 22.4 Å². The summed E-state index contributed by atoms with van der Waals surface area (Å²) in [6.07, 6.45) is 8.35. The first-order valence-electron chi connectivity index (χ1n) is 11.3. The maximum Gasteiger partial charge on any atom is 0.253 e. The van der Waals surface area contributed by atoms with Gasteiger partial charge < -0.3 is 17.2 Å². The molecule has 0 saturated heterocycles. The van der Waals surface area contributed by atoms with Crippen LogP contribution in [0.5, 0.6) is 0 Å². The van der Waals surface area contributed by atoms with Gasteiger partial charge in [0, 0.05) is 24.2 Å². The number of rotatable bonds is 3. The number of halogens is 1. The molecule has 0 bridgehead atoms. The number of hydrogen-bond acceptors (Lipinski definition) is 5. The molecule has 2 aromatic rings. The molecule has 1 aromatic carbocycles. The number of anilines is 1. The Morgan fingerprint density at radius 3 is 2.38 bits per heavy atom. The highest BCUT2D eigenvalue weighted by Gasteiger charge is 2.36. The molecule has 0 unspecified atom stereocenters. The van der Waals surface area contributed by atoms with Gasteiger partial charge in [0.2, 0.25) is 0 Å². The van der Waals surface area contributed by atoms with Crippen LogP contribution in [-0.4, -0.2) is 27.5 Å². The van der Waals surface area contributed by atoms with Gasteiger partial charge in [-0.1, -0.05) is 40.0 Å². The molecule has 8 heteroatoms. The van der Waals surface area contributed by atoms with Crippen molar-refractivity contribution in [1.82, 2.24) is 9.78 Å². The number of aryl methyl sites for hydroxylation is 1. The van der Waals surface area contributed by atoms with Crippen molar-refractivity contribution in [2.45, 2.75) is 78.2 Å². The number of carbonyl (C=O) groups is 2. The Balaban J connectivity index is 0.000000352. The van der Waals surface area contributed by atoms with Gasteiger partial charge in [0.05, 0.1) is 28.2 Å². The summed E-state index contributed by atoms with van der Waals surface area (Å²) in [7, 11) is 0. The Labute approximate surface area is 188 Å². The normalized spacial score (nSPS) is 18.0. The van der Waals surface area contributed by atoms with Crippen molar-refractivity contribution in [2.75, 3.05) is 5.73 Å². The van der Waals surface area contributed by atoms with Crippen LogP contribution in [-0.2, 0) is 12.8 Å². The van der Waals surface area contributed by atoms with Crippen molar-refractivity contribution >= 4 is 17.4 Å². The number of nitrogens with zero attached hydrogens (tertiary/aromatic N) is 2. The highest BCUT2D eigenvalue weighted by Crippen LogP contribution is 2.37. The quantitative estimate of drug-likeness (QED) is 0.623. The molecule has 32 heavy (non-hydrogen) atoms. The zero-order valence-electron chi connectivity index (χ0n) is 19.2. The van der Waals surface area contributed by atoms with E-state index in [0.29, 0.717) is 42.2 Å². The molecule has 1 aromatic heterocycles. The molecular formula is C24H34FN5O2. The van der Waals surface area contributed by atoms with E-state index in [1.54, 1.807) is 4.68 Å². The SMILES string of the molecule is CCc1nn(-c2cc(N)c(C(N)=O)c(F)c2)c2c1C(=O)CC(C)(C)C2.NC1CCCCC1. The molecule has 1 heterocycles. The van der Waals surface area contributed by atoms with Crippen molar-refractivity contribution < 1.29 is 14.0 Å². The van der Waals surface area contributed by atoms with Crippen LogP contribution in [0, 0.1) is 11.2 Å². The third kappa shape index (κ3) is 5.01. The Hall–Kier alpha value is -2.74. The average molecular weight is 444 g/mol. The van der Waals surface area contributed by atoms with E-state index in [9.17, 15) is 14.0 Å². The predicted octanol–water partition coefficient (Wildman–Crippen LogP) is 3.69. The summed E-state index contributed by atoms with van der Waals surface area (Å²) in [5.41, 5.74) is 18.5. The van der Waals surface area contributed by atoms with Crippen molar-refractivity contribution in [3.63, 3.8) is 0 Å². The first-order chi connectivity index (χ1) is 15.0. The van der Waals surface area contributed by atoms with Gasteiger partial charge in [-0.2, -0.15) is 5.10 Å². The number of fused-ring (bicyclic) bond motifs is 1. The maximum atomic E-state index is 14.3. The van der Waals surface area contributed by atoms with Gasteiger partial charge in [0.15, 0.2) is 5.78 Å². The summed E-state index contributed by atoms with van der Waals surface area (Å²) in [5, 5.41) is 4.51. The molecular weight excluding hydrogens is 409 g/mol. The Morgan fingerprint density at radius 1 is 1.22 bits per heavy atom. The van der Waals surface area contributed by atoms with Gasteiger partial charge in [0.25, 0.3) is 5.91 Å². The molecule has 1 fully saturated rings. The average Bonchev–Trinajstić information content (AvgIpc) is 3.06. The molecule has 2 aliphatic rings. The van der Waals surface area contributed by atoms with E-state index < -0.39 is 11.7 Å². The summed E-state index contributed by atoms with van der Waals surface area (Å²) in [6.45, 7) is 5.95. The zero-order valence-corrected chi connectivity index (χ0v) is 19.2. The number of ketones is 1. The number of Topliss-reactive ketones (excluding diaryl/α,β-unsaturated/α-hetero) is 1. The molecule has 6 N–H and O–H groups in total. The van der Waals surface area contributed by atoms with E-state index >= 15 is 0 Å². The number of benzene rings is 1. The fraction of sp³-hybridized carbons (Fsp3) is 0.542. The van der Waals surface area contributed by atoms with Crippen LogP contribution in [0.2, 0.25) is 0 Å². The highest BCUT2D eigenvalue weighted by molar-refractivity contribution is 6.00. The van der Waals surface area contributed by atoms with Gasteiger partial charge >= 0.3 is 0 Å². The van der Waals surface area contributed by atoms with E-state index in [1.807, 2.05) is 20.8 Å². The topological polar surface area (TPSA) is 130 Å². The van der Waals surface area contributed by atoms with Gasteiger partial charge in [-0.25, -0.2) is 9.07 Å². The number of carbonyl (C=O) groups excluding carboxylic acids is 2. The number of nitrogens with two attached hydrogens (primary N) is 3. The monoisotopic (exact) mass is 443 g/mol. The molecule has 0 atom stereocenters. The van der Waals surface area contributed by atoms with Gasteiger partial charge in [-0.3, -0.25) is 9.59 Å². The predicted molar refractivity (Wildman–Crippen MR) is 123 cm³/mol. The van der Waals surface area contributed by atoms with E-state index in [1.165, 1.54) is 44.2 Å². The van der Waals surface area contributed by atoms with Gasteiger partial charge in [-0.15, -0.1) is 0 Å². The summed E-state index contributed by atoms with van der Waals surface area (Å²) in [4.78, 5) is 23.9. The van der Waals surface area contributed by atoms with Gasteiger partial charge in [-0.05, 0) is 37.2 Å². The van der Waals surface area contributed by atoms with Crippen LogP contribution in [0.3, 0.4) is 0 Å². The Morgan fingerprint density at radius 2 is 1.88 bits per heavy atom. The van der Waals surface area contributed by atoms with Crippen LogP contribution in [0.4, 0.5) is 10.1 Å². The summed E-state index contributed by atoms with van der Waals surface area (Å²) in [5.74, 6) is -1.67. The minimum absolute atomic E-state index is 0.0498. The molecule has 7 nitrogen and oxygen atoms in total. The smallest absolute Gasteiger partial charge is 0.253 e. The van der Waals surface area contributed by atoms with Crippen LogP contribution in [0.1, 0.15) is 91.4 Å². The number of aromatic nitrogens is 2. The summed E-state index contributed by atoms with van der Waals surface area (Å²) in [6, 6.07) is 3.17. The molecule has 0 aliphatic heterocycles.